The molecule has 0 N–H and O–H groups in total. The molecule has 0 amide bonds. The van der Waals surface area contributed by atoms with Crippen LogP contribution in [0.3, 0.4) is 0 Å². The molecule has 0 aromatic carbocycles. The van der Waals surface area contributed by atoms with E-state index in [9.17, 15) is 8.42 Å². The number of piperidine rings is 1. The van der Waals surface area contributed by atoms with Crippen molar-refractivity contribution in [2.45, 2.75) is 25.8 Å². The van der Waals surface area contributed by atoms with Crippen LogP contribution < -0.4 is 0 Å². The minimum Gasteiger partial charge on any atom is -0.305 e. The van der Waals surface area contributed by atoms with Crippen LogP contribution in [-0.2, 0) is 10.0 Å². The van der Waals surface area contributed by atoms with E-state index in [1.54, 1.807) is 4.31 Å². The Balaban J connectivity index is 2.65. The van der Waals surface area contributed by atoms with Crippen LogP contribution in [0.1, 0.15) is 19.8 Å². The zero-order valence-corrected chi connectivity index (χ0v) is 12.5. The van der Waals surface area contributed by atoms with Gasteiger partial charge in [0.1, 0.15) is 0 Å². The lowest BCUT2D eigenvalue weighted by Crippen LogP contribution is -2.48. The highest BCUT2D eigenvalue weighted by Gasteiger charge is 2.30. The number of sulfonamides is 1. The summed E-state index contributed by atoms with van der Waals surface area (Å²) in [6.07, 6.45) is 2.02. The minimum atomic E-state index is -3.14. The Morgan fingerprint density at radius 3 is 2.65 bits per heavy atom. The molecule has 17 heavy (non-hydrogen) atoms. The average Bonchev–Trinajstić information content (AvgIpc) is 2.28. The lowest BCUT2D eigenvalue weighted by atomic mass is 10.1. The summed E-state index contributed by atoms with van der Waals surface area (Å²) in [6.45, 7) is 3.14. The van der Waals surface area contributed by atoms with Gasteiger partial charge in [0.2, 0.25) is 10.0 Å². The molecule has 0 aromatic heterocycles. The van der Waals surface area contributed by atoms with Gasteiger partial charge in [0.25, 0.3) is 0 Å². The fourth-order valence-electron chi connectivity index (χ4n) is 2.10. The number of nitrogens with zero attached hydrogens (tertiary/aromatic N) is 2. The Morgan fingerprint density at radius 2 is 2.12 bits per heavy atom. The molecule has 1 fully saturated rings. The van der Waals surface area contributed by atoms with Crippen molar-refractivity contribution in [2.75, 3.05) is 38.8 Å². The van der Waals surface area contributed by atoms with Crippen molar-refractivity contribution in [3.8, 4) is 0 Å². The average molecular weight is 283 g/mol. The SMILES string of the molecule is CC(CCl)CS(=O)(=O)N1CCCC(N(C)C)C1. The molecule has 0 aromatic rings. The minimum absolute atomic E-state index is 0.0152. The molecular weight excluding hydrogens is 260 g/mol. The van der Waals surface area contributed by atoms with E-state index in [1.165, 1.54) is 0 Å². The van der Waals surface area contributed by atoms with E-state index in [0.717, 1.165) is 12.8 Å². The second kappa shape index (κ2) is 6.36. The topological polar surface area (TPSA) is 40.6 Å². The third-order valence-corrected chi connectivity index (χ3v) is 5.88. The zero-order valence-electron chi connectivity index (χ0n) is 10.9. The normalized spacial score (nSPS) is 25.1. The van der Waals surface area contributed by atoms with E-state index in [1.807, 2.05) is 21.0 Å². The molecule has 1 rings (SSSR count). The highest BCUT2D eigenvalue weighted by atomic mass is 35.5. The molecule has 2 unspecified atom stereocenters. The summed E-state index contributed by atoms with van der Waals surface area (Å²) in [7, 11) is 0.865. The highest BCUT2D eigenvalue weighted by Crippen LogP contribution is 2.18. The fraction of sp³-hybridized carbons (Fsp3) is 1.00. The quantitative estimate of drug-likeness (QED) is 0.712. The van der Waals surface area contributed by atoms with Gasteiger partial charge in [0, 0.05) is 25.0 Å². The van der Waals surface area contributed by atoms with E-state index in [-0.39, 0.29) is 11.7 Å². The van der Waals surface area contributed by atoms with Gasteiger partial charge in [0.15, 0.2) is 0 Å². The predicted octanol–water partition coefficient (Wildman–Crippen LogP) is 1.22. The number of hydrogen-bond acceptors (Lipinski definition) is 3. The van der Waals surface area contributed by atoms with Crippen molar-refractivity contribution in [1.29, 1.82) is 0 Å². The monoisotopic (exact) mass is 282 g/mol. The van der Waals surface area contributed by atoms with Gasteiger partial charge in [-0.3, -0.25) is 0 Å². The molecular formula is C11H23ClN2O2S. The molecule has 102 valence electrons. The summed E-state index contributed by atoms with van der Waals surface area (Å²) >= 11 is 5.68. The second-order valence-electron chi connectivity index (χ2n) is 5.16. The third-order valence-electron chi connectivity index (χ3n) is 3.24. The van der Waals surface area contributed by atoms with Gasteiger partial charge in [-0.25, -0.2) is 12.7 Å². The number of halogens is 1. The third kappa shape index (κ3) is 4.39. The predicted molar refractivity (Wildman–Crippen MR) is 72.0 cm³/mol. The molecule has 1 aliphatic rings. The van der Waals surface area contributed by atoms with Crippen molar-refractivity contribution in [1.82, 2.24) is 9.21 Å². The summed E-state index contributed by atoms with van der Waals surface area (Å²) in [6, 6.07) is 0.338. The summed E-state index contributed by atoms with van der Waals surface area (Å²) in [5.74, 6) is 0.572. The molecule has 4 nitrogen and oxygen atoms in total. The standard InChI is InChI=1S/C11H23ClN2O2S/c1-10(7-12)9-17(15,16)14-6-4-5-11(8-14)13(2)3/h10-11H,4-9H2,1-3H3. The van der Waals surface area contributed by atoms with E-state index in [2.05, 4.69) is 4.90 Å². The summed E-state index contributed by atoms with van der Waals surface area (Å²) < 4.78 is 26.0. The van der Waals surface area contributed by atoms with Crippen LogP contribution in [0, 0.1) is 5.92 Å². The molecule has 1 saturated heterocycles. The van der Waals surface area contributed by atoms with E-state index in [0.29, 0.717) is 25.0 Å². The summed E-state index contributed by atoms with van der Waals surface area (Å²) in [5.41, 5.74) is 0. The first-order chi connectivity index (χ1) is 7.86. The molecule has 6 heteroatoms. The van der Waals surface area contributed by atoms with Gasteiger partial charge in [-0.1, -0.05) is 6.92 Å². The van der Waals surface area contributed by atoms with Crippen molar-refractivity contribution in [3.63, 3.8) is 0 Å². The van der Waals surface area contributed by atoms with Crippen molar-refractivity contribution >= 4 is 21.6 Å². The maximum absolute atomic E-state index is 12.2. The first-order valence-electron chi connectivity index (χ1n) is 6.07. The Bertz CT molecular complexity index is 332. The summed E-state index contributed by atoms with van der Waals surface area (Å²) in [4.78, 5) is 2.10. The fourth-order valence-corrected chi connectivity index (χ4v) is 4.20. The van der Waals surface area contributed by atoms with Gasteiger partial charge < -0.3 is 4.90 Å². The smallest absolute Gasteiger partial charge is 0.214 e. The lowest BCUT2D eigenvalue weighted by molar-refractivity contribution is 0.190. The van der Waals surface area contributed by atoms with E-state index < -0.39 is 10.0 Å². The molecule has 1 aliphatic heterocycles. The van der Waals surface area contributed by atoms with Crippen LogP contribution in [-0.4, -0.2) is 62.5 Å². The largest absolute Gasteiger partial charge is 0.305 e. The Labute approximate surface area is 110 Å². The first-order valence-corrected chi connectivity index (χ1v) is 8.21. The molecule has 0 radical (unpaired) electrons. The Kier molecular flexibility index (Phi) is 5.70. The maximum atomic E-state index is 12.2. The molecule has 0 aliphatic carbocycles. The van der Waals surface area contributed by atoms with Crippen LogP contribution in [0.4, 0.5) is 0 Å². The second-order valence-corrected chi connectivity index (χ2v) is 7.48. The number of likely N-dealkylation sites (N-methyl/N-ethyl adjacent to an activating group) is 1. The molecule has 2 atom stereocenters. The van der Waals surface area contributed by atoms with Gasteiger partial charge in [-0.15, -0.1) is 11.6 Å². The van der Waals surface area contributed by atoms with Crippen LogP contribution in [0.5, 0.6) is 0 Å². The summed E-state index contributed by atoms with van der Waals surface area (Å²) in [5, 5.41) is 0. The van der Waals surface area contributed by atoms with Gasteiger partial charge >= 0.3 is 0 Å². The Morgan fingerprint density at radius 1 is 1.47 bits per heavy atom. The van der Waals surface area contributed by atoms with Crippen LogP contribution in [0.25, 0.3) is 0 Å². The van der Waals surface area contributed by atoms with Crippen LogP contribution in [0.15, 0.2) is 0 Å². The van der Waals surface area contributed by atoms with Crippen LogP contribution in [0.2, 0.25) is 0 Å². The van der Waals surface area contributed by atoms with Crippen molar-refractivity contribution in [2.24, 2.45) is 5.92 Å². The van der Waals surface area contributed by atoms with Crippen LogP contribution >= 0.6 is 11.6 Å². The number of hydrogen-bond donors (Lipinski definition) is 0. The number of rotatable bonds is 5. The zero-order chi connectivity index (χ0) is 13.1. The van der Waals surface area contributed by atoms with Gasteiger partial charge in [0.05, 0.1) is 5.75 Å². The molecule has 0 spiro atoms. The number of alkyl halides is 1. The van der Waals surface area contributed by atoms with E-state index in [4.69, 9.17) is 11.6 Å². The van der Waals surface area contributed by atoms with Crippen molar-refractivity contribution < 1.29 is 8.42 Å². The molecule has 0 bridgehead atoms. The lowest BCUT2D eigenvalue weighted by Gasteiger charge is -2.35. The van der Waals surface area contributed by atoms with Gasteiger partial charge in [-0.2, -0.15) is 0 Å². The molecule has 1 heterocycles. The Hall–Kier alpha value is 0.160. The van der Waals surface area contributed by atoms with E-state index >= 15 is 0 Å². The van der Waals surface area contributed by atoms with Gasteiger partial charge in [-0.05, 0) is 32.9 Å². The molecule has 0 saturated carbocycles. The highest BCUT2D eigenvalue weighted by molar-refractivity contribution is 7.89. The maximum Gasteiger partial charge on any atom is 0.214 e. The first kappa shape index (κ1) is 15.2. The van der Waals surface area contributed by atoms with Crippen molar-refractivity contribution in [3.05, 3.63) is 0 Å².